The van der Waals surface area contributed by atoms with Crippen LogP contribution in [0, 0.1) is 6.92 Å². The zero-order valence-electron chi connectivity index (χ0n) is 14.5. The van der Waals surface area contributed by atoms with Gasteiger partial charge in [0, 0.05) is 19.7 Å². The summed E-state index contributed by atoms with van der Waals surface area (Å²) in [7, 11) is 3.01. The summed E-state index contributed by atoms with van der Waals surface area (Å²) < 4.78 is 9.29. The largest absolute Gasteiger partial charge is 0.337 e. The lowest BCUT2D eigenvalue weighted by Crippen LogP contribution is -2.37. The highest BCUT2D eigenvalue weighted by Gasteiger charge is 2.16. The normalized spacial score (nSPS) is 11.3. The van der Waals surface area contributed by atoms with E-state index in [2.05, 4.69) is 15.1 Å². The lowest BCUT2D eigenvalue weighted by molar-refractivity contribution is 0.372. The van der Waals surface area contributed by atoms with E-state index in [4.69, 9.17) is 4.52 Å². The molecule has 0 saturated carbocycles. The average Bonchev–Trinajstić information content (AvgIpc) is 3.26. The highest BCUT2D eigenvalue weighted by atomic mass is 16.5. The molecule has 9 nitrogen and oxygen atoms in total. The Morgan fingerprint density at radius 2 is 1.81 bits per heavy atom. The van der Waals surface area contributed by atoms with E-state index in [1.54, 1.807) is 11.6 Å². The van der Waals surface area contributed by atoms with E-state index in [0.29, 0.717) is 22.9 Å². The Hall–Kier alpha value is -3.49. The minimum absolute atomic E-state index is 0.183. The maximum Gasteiger partial charge on any atom is 0.332 e. The third-order valence-corrected chi connectivity index (χ3v) is 4.30. The van der Waals surface area contributed by atoms with Gasteiger partial charge >= 0.3 is 5.69 Å². The van der Waals surface area contributed by atoms with Crippen LogP contribution in [0.2, 0.25) is 0 Å². The predicted octanol–water partition coefficient (Wildman–Crippen LogP) is 0.840. The average molecular weight is 352 g/mol. The molecule has 0 atom stereocenters. The fourth-order valence-electron chi connectivity index (χ4n) is 2.80. The van der Waals surface area contributed by atoms with Gasteiger partial charge in [-0.2, -0.15) is 4.98 Å². The van der Waals surface area contributed by atoms with Crippen molar-refractivity contribution in [2.45, 2.75) is 13.5 Å². The van der Waals surface area contributed by atoms with Gasteiger partial charge in [0.25, 0.3) is 5.56 Å². The van der Waals surface area contributed by atoms with Gasteiger partial charge in [-0.25, -0.2) is 9.78 Å². The summed E-state index contributed by atoms with van der Waals surface area (Å²) in [5.74, 6) is 0.820. The number of hydrogen-bond donors (Lipinski definition) is 0. The molecule has 4 aromatic rings. The SMILES string of the molecule is Cc1ccc(-c2noc(Cn3cnc4c3c(=O)n(C)c(=O)n4C)n2)cc1. The van der Waals surface area contributed by atoms with Crippen LogP contribution in [0.4, 0.5) is 0 Å². The van der Waals surface area contributed by atoms with E-state index in [9.17, 15) is 9.59 Å². The predicted molar refractivity (Wildman–Crippen MR) is 93.8 cm³/mol. The van der Waals surface area contributed by atoms with E-state index in [-0.39, 0.29) is 6.54 Å². The van der Waals surface area contributed by atoms with Crippen molar-refractivity contribution >= 4 is 11.2 Å². The summed E-state index contributed by atoms with van der Waals surface area (Å²) in [6, 6.07) is 7.78. The Labute approximate surface area is 147 Å². The molecule has 0 amide bonds. The lowest BCUT2D eigenvalue weighted by atomic mass is 10.1. The number of hydrogen-bond acceptors (Lipinski definition) is 6. The molecular weight excluding hydrogens is 336 g/mol. The molecule has 132 valence electrons. The number of imidazole rings is 1. The fourth-order valence-corrected chi connectivity index (χ4v) is 2.80. The Morgan fingerprint density at radius 3 is 2.54 bits per heavy atom. The zero-order chi connectivity index (χ0) is 18.4. The van der Waals surface area contributed by atoms with Crippen LogP contribution >= 0.6 is 0 Å². The van der Waals surface area contributed by atoms with Crippen molar-refractivity contribution in [3.05, 3.63) is 62.9 Å². The van der Waals surface area contributed by atoms with Gasteiger partial charge in [-0.05, 0) is 6.92 Å². The van der Waals surface area contributed by atoms with Gasteiger partial charge in [-0.15, -0.1) is 0 Å². The smallest absolute Gasteiger partial charge is 0.332 e. The molecule has 0 fully saturated rings. The summed E-state index contributed by atoms with van der Waals surface area (Å²) in [6.07, 6.45) is 1.49. The first kappa shape index (κ1) is 16.0. The van der Waals surface area contributed by atoms with E-state index in [1.165, 1.54) is 17.9 Å². The highest BCUT2D eigenvalue weighted by molar-refractivity contribution is 5.70. The second-order valence-corrected chi connectivity index (χ2v) is 6.13. The van der Waals surface area contributed by atoms with Crippen LogP contribution in [0.25, 0.3) is 22.6 Å². The van der Waals surface area contributed by atoms with Crippen LogP contribution in [0.5, 0.6) is 0 Å². The summed E-state index contributed by atoms with van der Waals surface area (Å²) in [6.45, 7) is 2.19. The number of nitrogens with zero attached hydrogens (tertiary/aromatic N) is 6. The molecule has 0 aliphatic rings. The van der Waals surface area contributed by atoms with Gasteiger partial charge < -0.3 is 9.09 Å². The van der Waals surface area contributed by atoms with E-state index in [1.807, 2.05) is 31.2 Å². The van der Waals surface area contributed by atoms with Crippen molar-refractivity contribution in [1.82, 2.24) is 28.8 Å². The molecule has 4 rings (SSSR count). The molecule has 0 bridgehead atoms. The van der Waals surface area contributed by atoms with Crippen LogP contribution in [-0.4, -0.2) is 28.8 Å². The number of benzene rings is 1. The molecule has 0 aliphatic carbocycles. The third-order valence-electron chi connectivity index (χ3n) is 4.30. The topological polar surface area (TPSA) is 101 Å². The van der Waals surface area contributed by atoms with Crippen molar-refractivity contribution in [3.63, 3.8) is 0 Å². The number of aromatic nitrogens is 6. The first-order valence-electron chi connectivity index (χ1n) is 7.96. The quantitative estimate of drug-likeness (QED) is 0.542. The van der Waals surface area contributed by atoms with Gasteiger partial charge in [0.1, 0.15) is 6.54 Å². The molecule has 0 spiro atoms. The van der Waals surface area contributed by atoms with E-state index >= 15 is 0 Å². The molecule has 0 radical (unpaired) electrons. The van der Waals surface area contributed by atoms with Crippen LogP contribution < -0.4 is 11.2 Å². The van der Waals surface area contributed by atoms with Crippen molar-refractivity contribution in [1.29, 1.82) is 0 Å². The maximum absolute atomic E-state index is 12.5. The molecule has 0 saturated heterocycles. The van der Waals surface area contributed by atoms with Gasteiger partial charge in [-0.3, -0.25) is 13.9 Å². The molecule has 9 heteroatoms. The van der Waals surface area contributed by atoms with Crippen LogP contribution in [0.1, 0.15) is 11.5 Å². The maximum atomic E-state index is 12.5. The molecule has 26 heavy (non-hydrogen) atoms. The van der Waals surface area contributed by atoms with Crippen molar-refractivity contribution in [2.75, 3.05) is 0 Å². The number of fused-ring (bicyclic) bond motifs is 1. The second kappa shape index (κ2) is 5.80. The monoisotopic (exact) mass is 352 g/mol. The number of rotatable bonds is 3. The minimum atomic E-state index is -0.424. The van der Waals surface area contributed by atoms with E-state index in [0.717, 1.165) is 15.7 Å². The molecule has 3 aromatic heterocycles. The van der Waals surface area contributed by atoms with Crippen LogP contribution in [-0.2, 0) is 20.6 Å². The van der Waals surface area contributed by atoms with Crippen molar-refractivity contribution < 1.29 is 4.52 Å². The van der Waals surface area contributed by atoms with Gasteiger partial charge in [0.05, 0.1) is 6.33 Å². The Balaban J connectivity index is 1.74. The Bertz CT molecular complexity index is 1230. The summed E-state index contributed by atoms with van der Waals surface area (Å²) in [5, 5.41) is 3.99. The molecular formula is C17H16N6O3. The minimum Gasteiger partial charge on any atom is -0.337 e. The summed E-state index contributed by atoms with van der Waals surface area (Å²) in [4.78, 5) is 33.0. The fraction of sp³-hybridized carbons (Fsp3) is 0.235. The van der Waals surface area contributed by atoms with Gasteiger partial charge in [0.15, 0.2) is 11.2 Å². The molecule has 0 unspecified atom stereocenters. The third kappa shape index (κ3) is 2.44. The highest BCUT2D eigenvalue weighted by Crippen LogP contribution is 2.17. The zero-order valence-corrected chi connectivity index (χ0v) is 14.5. The molecule has 1 aromatic carbocycles. The van der Waals surface area contributed by atoms with Crippen molar-refractivity contribution in [2.24, 2.45) is 14.1 Å². The summed E-state index contributed by atoms with van der Waals surface area (Å²) >= 11 is 0. The van der Waals surface area contributed by atoms with Gasteiger partial charge in [0.2, 0.25) is 11.7 Å². The second-order valence-electron chi connectivity index (χ2n) is 6.13. The lowest BCUT2D eigenvalue weighted by Gasteiger charge is -2.04. The molecule has 3 heterocycles. The Kier molecular flexibility index (Phi) is 3.57. The molecule has 0 N–H and O–H groups in total. The van der Waals surface area contributed by atoms with Crippen LogP contribution in [0.15, 0.2) is 44.7 Å². The van der Waals surface area contributed by atoms with Gasteiger partial charge in [-0.1, -0.05) is 35.0 Å². The standard InChI is InChI=1S/C17H16N6O3/c1-10-4-6-11(7-5-10)14-19-12(26-20-14)8-23-9-18-15-13(23)16(24)22(3)17(25)21(15)2/h4-7,9H,8H2,1-3H3. The summed E-state index contributed by atoms with van der Waals surface area (Å²) in [5.41, 5.74) is 1.77. The first-order chi connectivity index (χ1) is 12.5. The Morgan fingerprint density at radius 1 is 1.08 bits per heavy atom. The van der Waals surface area contributed by atoms with E-state index < -0.39 is 11.2 Å². The number of aryl methyl sites for hydroxylation is 2. The van der Waals surface area contributed by atoms with Crippen LogP contribution in [0.3, 0.4) is 0 Å². The van der Waals surface area contributed by atoms with Crippen molar-refractivity contribution in [3.8, 4) is 11.4 Å². The molecule has 0 aliphatic heterocycles. The first-order valence-corrected chi connectivity index (χ1v) is 7.96.